The van der Waals surface area contributed by atoms with E-state index >= 15 is 0 Å². The quantitative estimate of drug-likeness (QED) is 0.792. The first-order valence-electron chi connectivity index (χ1n) is 6.40. The molecule has 1 atom stereocenters. The van der Waals surface area contributed by atoms with Gasteiger partial charge in [0.15, 0.2) is 0 Å². The highest BCUT2D eigenvalue weighted by Gasteiger charge is 2.13. The molecule has 0 spiro atoms. The molecule has 1 aromatic heterocycles. The van der Waals surface area contributed by atoms with Gasteiger partial charge in [-0.05, 0) is 66.0 Å². The van der Waals surface area contributed by atoms with Crippen LogP contribution in [-0.4, -0.2) is 6.54 Å². The first-order chi connectivity index (χ1) is 9.47. The zero-order chi connectivity index (χ0) is 14.7. The Morgan fingerprint density at radius 1 is 1.25 bits per heavy atom. The van der Waals surface area contributed by atoms with Crippen LogP contribution in [0.15, 0.2) is 28.1 Å². The minimum atomic E-state index is -0.364. The smallest absolute Gasteiger partial charge is 0.128 e. The number of benzene rings is 1. The van der Waals surface area contributed by atoms with Crippen LogP contribution in [-0.2, 0) is 6.42 Å². The Hall–Kier alpha value is -0.780. The van der Waals surface area contributed by atoms with E-state index in [1.807, 2.05) is 13.0 Å². The van der Waals surface area contributed by atoms with Crippen LogP contribution in [0, 0.1) is 18.6 Å². The van der Waals surface area contributed by atoms with E-state index < -0.39 is 0 Å². The molecule has 0 fully saturated rings. The number of hydrogen-bond donors (Lipinski definition) is 1. The Labute approximate surface area is 130 Å². The zero-order valence-electron chi connectivity index (χ0n) is 11.3. The maximum absolute atomic E-state index is 13.8. The maximum atomic E-state index is 13.8. The molecule has 1 aromatic carbocycles. The fraction of sp³-hybridized carbons (Fsp3) is 0.333. The van der Waals surface area contributed by atoms with E-state index in [0.717, 1.165) is 16.8 Å². The summed E-state index contributed by atoms with van der Waals surface area (Å²) >= 11 is 5.11. The molecule has 2 rings (SSSR count). The lowest BCUT2D eigenvalue weighted by Gasteiger charge is -2.15. The molecular formula is C15H16BrF2NS. The molecule has 0 radical (unpaired) electrons. The monoisotopic (exact) mass is 359 g/mol. The van der Waals surface area contributed by atoms with Crippen LogP contribution in [0.1, 0.15) is 29.0 Å². The van der Waals surface area contributed by atoms with Gasteiger partial charge in [0.05, 0.1) is 3.79 Å². The number of nitrogens with one attached hydrogen (secondary N) is 1. The van der Waals surface area contributed by atoms with Crippen LogP contribution in [0.5, 0.6) is 0 Å². The Kier molecular flexibility index (Phi) is 5.29. The zero-order valence-corrected chi connectivity index (χ0v) is 13.7. The van der Waals surface area contributed by atoms with Gasteiger partial charge in [-0.2, -0.15) is 0 Å². The second-order valence-corrected chi connectivity index (χ2v) is 7.30. The molecule has 1 nitrogen and oxygen atoms in total. The molecule has 0 saturated carbocycles. The van der Waals surface area contributed by atoms with Gasteiger partial charge < -0.3 is 5.32 Å². The predicted molar refractivity (Wildman–Crippen MR) is 83.2 cm³/mol. The van der Waals surface area contributed by atoms with Crippen LogP contribution in [0.3, 0.4) is 0 Å². The fourth-order valence-corrected chi connectivity index (χ4v) is 3.48. The highest BCUT2D eigenvalue weighted by Crippen LogP contribution is 2.23. The molecule has 2 aromatic rings. The van der Waals surface area contributed by atoms with Crippen molar-refractivity contribution in [3.8, 4) is 0 Å². The highest BCUT2D eigenvalue weighted by molar-refractivity contribution is 9.11. The van der Waals surface area contributed by atoms with Gasteiger partial charge in [0, 0.05) is 23.0 Å². The van der Waals surface area contributed by atoms with E-state index in [2.05, 4.69) is 27.3 Å². The molecule has 1 heterocycles. The van der Waals surface area contributed by atoms with Crippen molar-refractivity contribution in [1.29, 1.82) is 0 Å². The first kappa shape index (κ1) is 15.6. The Balaban J connectivity index is 1.95. The first-order valence-corrected chi connectivity index (χ1v) is 8.01. The minimum Gasteiger partial charge on any atom is -0.310 e. The summed E-state index contributed by atoms with van der Waals surface area (Å²) in [5.74, 6) is -0.722. The van der Waals surface area contributed by atoms with E-state index in [1.54, 1.807) is 18.3 Å². The van der Waals surface area contributed by atoms with Gasteiger partial charge in [-0.15, -0.1) is 11.3 Å². The van der Waals surface area contributed by atoms with Crippen molar-refractivity contribution in [2.75, 3.05) is 6.54 Å². The maximum Gasteiger partial charge on any atom is 0.128 e. The van der Waals surface area contributed by atoms with E-state index in [9.17, 15) is 8.78 Å². The van der Waals surface area contributed by atoms with Crippen molar-refractivity contribution in [2.45, 2.75) is 26.3 Å². The summed E-state index contributed by atoms with van der Waals surface area (Å²) in [5, 5.41) is 3.23. The predicted octanol–water partition coefficient (Wildman–Crippen LogP) is 4.99. The minimum absolute atomic E-state index is 0.214. The summed E-state index contributed by atoms with van der Waals surface area (Å²) in [5.41, 5.74) is 0.711. The van der Waals surface area contributed by atoms with Crippen molar-refractivity contribution in [3.63, 3.8) is 0 Å². The van der Waals surface area contributed by atoms with Crippen LogP contribution in [0.2, 0.25) is 0 Å². The summed E-state index contributed by atoms with van der Waals surface area (Å²) in [7, 11) is 0. The molecule has 0 aliphatic heterocycles. The fourth-order valence-electron chi connectivity index (χ4n) is 2.00. The lowest BCUT2D eigenvalue weighted by molar-refractivity contribution is 0.519. The van der Waals surface area contributed by atoms with Gasteiger partial charge in [0.1, 0.15) is 11.6 Å². The topological polar surface area (TPSA) is 12.0 Å². The molecule has 0 bridgehead atoms. The van der Waals surface area contributed by atoms with Crippen molar-refractivity contribution in [1.82, 2.24) is 5.32 Å². The largest absolute Gasteiger partial charge is 0.310 e. The van der Waals surface area contributed by atoms with E-state index in [-0.39, 0.29) is 17.7 Å². The number of hydrogen-bond acceptors (Lipinski definition) is 2. The molecule has 20 heavy (non-hydrogen) atoms. The number of aryl methyl sites for hydroxylation is 1. The highest BCUT2D eigenvalue weighted by atomic mass is 79.9. The second kappa shape index (κ2) is 6.78. The number of thiophene rings is 1. The van der Waals surface area contributed by atoms with Gasteiger partial charge >= 0.3 is 0 Å². The third-order valence-corrected chi connectivity index (χ3v) is 4.88. The van der Waals surface area contributed by atoms with Crippen LogP contribution in [0.4, 0.5) is 8.78 Å². The average molecular weight is 360 g/mol. The lowest BCUT2D eigenvalue weighted by Crippen LogP contribution is -2.22. The molecule has 0 aliphatic carbocycles. The molecule has 0 saturated heterocycles. The van der Waals surface area contributed by atoms with Gasteiger partial charge in [0.25, 0.3) is 0 Å². The number of halogens is 3. The summed E-state index contributed by atoms with van der Waals surface area (Å²) in [6.45, 7) is 4.13. The SMILES string of the molecule is Cc1cc(F)c(C(C)NCCc2ccc(Br)s2)cc1F. The molecule has 0 amide bonds. The van der Waals surface area contributed by atoms with Crippen LogP contribution >= 0.6 is 27.3 Å². The van der Waals surface area contributed by atoms with E-state index in [0.29, 0.717) is 11.1 Å². The van der Waals surface area contributed by atoms with E-state index in [1.165, 1.54) is 17.0 Å². The standard InChI is InChI=1S/C15H16BrF2NS/c1-9-7-14(18)12(8-13(9)17)10(2)19-6-5-11-3-4-15(16)20-11/h3-4,7-8,10,19H,5-6H2,1-2H3. The summed E-state index contributed by atoms with van der Waals surface area (Å²) in [4.78, 5) is 1.26. The Bertz CT molecular complexity index is 598. The molecule has 108 valence electrons. The Morgan fingerprint density at radius 3 is 2.65 bits per heavy atom. The average Bonchev–Trinajstić information content (AvgIpc) is 2.79. The second-order valence-electron chi connectivity index (χ2n) is 4.75. The molecular weight excluding hydrogens is 344 g/mol. The van der Waals surface area contributed by atoms with Crippen LogP contribution < -0.4 is 5.32 Å². The molecule has 0 aliphatic rings. The molecule has 1 N–H and O–H groups in total. The Morgan fingerprint density at radius 2 is 2.00 bits per heavy atom. The van der Waals surface area contributed by atoms with Crippen molar-refractivity contribution >= 4 is 27.3 Å². The van der Waals surface area contributed by atoms with Crippen LogP contribution in [0.25, 0.3) is 0 Å². The van der Waals surface area contributed by atoms with E-state index in [4.69, 9.17) is 0 Å². The van der Waals surface area contributed by atoms with Crippen molar-refractivity contribution in [2.24, 2.45) is 0 Å². The van der Waals surface area contributed by atoms with Crippen molar-refractivity contribution < 1.29 is 8.78 Å². The third-order valence-electron chi connectivity index (χ3n) is 3.20. The van der Waals surface area contributed by atoms with Gasteiger partial charge in [-0.25, -0.2) is 8.78 Å². The lowest BCUT2D eigenvalue weighted by atomic mass is 10.0. The van der Waals surface area contributed by atoms with Crippen molar-refractivity contribution in [3.05, 3.63) is 55.7 Å². The summed E-state index contributed by atoms with van der Waals surface area (Å²) < 4.78 is 28.4. The third kappa shape index (κ3) is 3.87. The summed E-state index contributed by atoms with van der Waals surface area (Å²) in [6.07, 6.45) is 0.872. The number of rotatable bonds is 5. The van der Waals surface area contributed by atoms with Gasteiger partial charge in [-0.3, -0.25) is 0 Å². The normalized spacial score (nSPS) is 12.7. The molecule has 1 unspecified atom stereocenters. The van der Waals surface area contributed by atoms with Gasteiger partial charge in [0.2, 0.25) is 0 Å². The molecule has 5 heteroatoms. The van der Waals surface area contributed by atoms with Gasteiger partial charge in [-0.1, -0.05) is 0 Å². The summed E-state index contributed by atoms with van der Waals surface area (Å²) in [6, 6.07) is 6.39.